The number of anilines is 1. The summed E-state index contributed by atoms with van der Waals surface area (Å²) < 4.78 is 5.84. The van der Waals surface area contributed by atoms with Gasteiger partial charge < -0.3 is 14.6 Å². The zero-order valence-electron chi connectivity index (χ0n) is 13.3. The third-order valence-corrected chi connectivity index (χ3v) is 5.21. The Morgan fingerprint density at radius 3 is 2.70 bits per heavy atom. The Balaban J connectivity index is 1.29. The van der Waals surface area contributed by atoms with Crippen molar-refractivity contribution in [1.82, 2.24) is 10.3 Å². The number of nitrogens with one attached hydrogen (secondary N) is 1. The molecule has 1 N–H and O–H groups in total. The van der Waals surface area contributed by atoms with Crippen LogP contribution in [0.5, 0.6) is 0 Å². The number of piperidine rings is 1. The molecule has 0 atom stereocenters. The van der Waals surface area contributed by atoms with Crippen molar-refractivity contribution in [3.05, 3.63) is 24.3 Å². The molecule has 2 aliphatic rings. The van der Waals surface area contributed by atoms with Crippen molar-refractivity contribution >= 4 is 23.0 Å². The minimum absolute atomic E-state index is 0.262. The second-order valence-electron chi connectivity index (χ2n) is 6.77. The smallest absolute Gasteiger partial charge is 0.298 e. The largest absolute Gasteiger partial charge is 0.423 e. The van der Waals surface area contributed by atoms with Crippen LogP contribution < -0.4 is 10.2 Å². The summed E-state index contributed by atoms with van der Waals surface area (Å²) in [5.74, 6) is 1.12. The zero-order valence-corrected chi connectivity index (χ0v) is 13.3. The normalized spacial score (nSPS) is 19.7. The van der Waals surface area contributed by atoms with E-state index in [0.717, 1.165) is 62.4 Å². The van der Waals surface area contributed by atoms with Crippen LogP contribution in [0.4, 0.5) is 6.01 Å². The molecule has 23 heavy (non-hydrogen) atoms. The highest BCUT2D eigenvalue weighted by molar-refractivity contribution is 5.79. The molecule has 2 aromatic rings. The van der Waals surface area contributed by atoms with Gasteiger partial charge in [-0.15, -0.1) is 0 Å². The minimum atomic E-state index is 0.262. The lowest BCUT2D eigenvalue weighted by Gasteiger charge is -2.31. The van der Waals surface area contributed by atoms with Gasteiger partial charge in [0, 0.05) is 25.6 Å². The van der Waals surface area contributed by atoms with E-state index in [1.54, 1.807) is 0 Å². The molecule has 0 radical (unpaired) electrons. The van der Waals surface area contributed by atoms with Crippen LogP contribution in [0.1, 0.15) is 32.1 Å². The van der Waals surface area contributed by atoms with Crippen molar-refractivity contribution in [2.45, 2.75) is 32.1 Å². The molecule has 0 unspecified atom stereocenters. The van der Waals surface area contributed by atoms with Crippen LogP contribution in [0.25, 0.3) is 11.1 Å². The summed E-state index contributed by atoms with van der Waals surface area (Å²) in [4.78, 5) is 18.7. The molecule has 0 spiro atoms. The van der Waals surface area contributed by atoms with Crippen LogP contribution in [-0.2, 0) is 4.79 Å². The lowest BCUT2D eigenvalue weighted by molar-refractivity contribution is -0.127. The molecular formula is C18H23N3O2. The molecule has 1 saturated heterocycles. The number of rotatable bonds is 4. The second-order valence-corrected chi connectivity index (χ2v) is 6.77. The van der Waals surface area contributed by atoms with E-state index >= 15 is 0 Å². The fourth-order valence-electron chi connectivity index (χ4n) is 3.38. The van der Waals surface area contributed by atoms with Gasteiger partial charge in [-0.2, -0.15) is 4.98 Å². The zero-order chi connectivity index (χ0) is 15.6. The molecule has 1 aromatic carbocycles. The molecule has 5 nitrogen and oxygen atoms in total. The molecule has 2 fully saturated rings. The molecule has 1 aliphatic carbocycles. The monoisotopic (exact) mass is 313 g/mol. The Morgan fingerprint density at radius 2 is 2.00 bits per heavy atom. The van der Waals surface area contributed by atoms with Crippen LogP contribution in [0, 0.1) is 11.8 Å². The Hall–Kier alpha value is -2.04. The Bertz CT molecular complexity index is 651. The van der Waals surface area contributed by atoms with E-state index in [-0.39, 0.29) is 11.8 Å². The Morgan fingerprint density at radius 1 is 1.22 bits per heavy atom. The average molecular weight is 313 g/mol. The molecule has 122 valence electrons. The number of aromatic nitrogens is 1. The fourth-order valence-corrected chi connectivity index (χ4v) is 3.38. The lowest BCUT2D eigenvalue weighted by atomic mass is 9.84. The van der Waals surface area contributed by atoms with Gasteiger partial charge in [-0.3, -0.25) is 4.79 Å². The molecule has 1 aromatic heterocycles. The van der Waals surface area contributed by atoms with Crippen molar-refractivity contribution in [2.75, 3.05) is 24.5 Å². The standard InChI is InChI=1S/C18H23N3O2/c22-17(14-4-3-5-14)19-12-13-8-10-21(11-9-13)18-20-15-6-1-2-7-16(15)23-18/h1-2,6-7,13-14H,3-5,8-12H2,(H,19,22). The number of hydrogen-bond donors (Lipinski definition) is 1. The van der Waals surface area contributed by atoms with Gasteiger partial charge in [0.2, 0.25) is 5.91 Å². The maximum atomic E-state index is 11.9. The number of fused-ring (bicyclic) bond motifs is 1. The second kappa shape index (κ2) is 6.22. The maximum absolute atomic E-state index is 11.9. The van der Waals surface area contributed by atoms with Crippen molar-refractivity contribution in [2.24, 2.45) is 11.8 Å². The topological polar surface area (TPSA) is 58.4 Å². The van der Waals surface area contributed by atoms with Crippen LogP contribution in [0.2, 0.25) is 0 Å². The van der Waals surface area contributed by atoms with E-state index in [1.807, 2.05) is 24.3 Å². The van der Waals surface area contributed by atoms with Gasteiger partial charge >= 0.3 is 0 Å². The van der Waals surface area contributed by atoms with Crippen LogP contribution in [0.15, 0.2) is 28.7 Å². The van der Waals surface area contributed by atoms with E-state index in [4.69, 9.17) is 4.42 Å². The highest BCUT2D eigenvalue weighted by Crippen LogP contribution is 2.28. The first kappa shape index (κ1) is 14.5. The highest BCUT2D eigenvalue weighted by atomic mass is 16.4. The molecular weight excluding hydrogens is 290 g/mol. The summed E-state index contributed by atoms with van der Waals surface area (Å²) in [6, 6.07) is 8.60. The summed E-state index contributed by atoms with van der Waals surface area (Å²) in [7, 11) is 0. The van der Waals surface area contributed by atoms with Gasteiger partial charge in [-0.1, -0.05) is 18.6 Å². The van der Waals surface area contributed by atoms with E-state index in [1.165, 1.54) is 6.42 Å². The summed E-state index contributed by atoms with van der Waals surface area (Å²) in [5, 5.41) is 3.13. The molecule has 2 heterocycles. The summed E-state index contributed by atoms with van der Waals surface area (Å²) >= 11 is 0. The molecule has 1 amide bonds. The summed E-state index contributed by atoms with van der Waals surface area (Å²) in [6.45, 7) is 2.70. The summed E-state index contributed by atoms with van der Waals surface area (Å²) in [5.41, 5.74) is 1.76. The van der Waals surface area contributed by atoms with Crippen LogP contribution >= 0.6 is 0 Å². The third-order valence-electron chi connectivity index (χ3n) is 5.21. The maximum Gasteiger partial charge on any atom is 0.298 e. The molecule has 4 rings (SSSR count). The quantitative estimate of drug-likeness (QED) is 0.943. The third kappa shape index (κ3) is 3.05. The van der Waals surface area contributed by atoms with Crippen molar-refractivity contribution in [1.29, 1.82) is 0 Å². The average Bonchev–Trinajstić information content (AvgIpc) is 2.96. The first-order chi connectivity index (χ1) is 11.3. The number of hydrogen-bond acceptors (Lipinski definition) is 4. The van der Waals surface area contributed by atoms with Gasteiger partial charge in [0.25, 0.3) is 6.01 Å². The number of carbonyl (C=O) groups is 1. The van der Waals surface area contributed by atoms with E-state index in [0.29, 0.717) is 5.92 Å². The number of amides is 1. The van der Waals surface area contributed by atoms with Crippen LogP contribution in [0.3, 0.4) is 0 Å². The van der Waals surface area contributed by atoms with Gasteiger partial charge in [0.05, 0.1) is 0 Å². The molecule has 1 aliphatic heterocycles. The van der Waals surface area contributed by atoms with Gasteiger partial charge in [0.1, 0.15) is 5.52 Å². The number of benzene rings is 1. The Kier molecular flexibility index (Phi) is 3.93. The predicted octanol–water partition coefficient (Wildman–Crippen LogP) is 2.96. The van der Waals surface area contributed by atoms with Crippen molar-refractivity contribution in [3.63, 3.8) is 0 Å². The molecule has 0 bridgehead atoms. The SMILES string of the molecule is O=C(NCC1CCN(c2nc3ccccc3o2)CC1)C1CCC1. The van der Waals surface area contributed by atoms with E-state index in [9.17, 15) is 4.79 Å². The lowest BCUT2D eigenvalue weighted by Crippen LogP contribution is -2.41. The van der Waals surface area contributed by atoms with Crippen molar-refractivity contribution < 1.29 is 9.21 Å². The number of oxazole rings is 1. The summed E-state index contributed by atoms with van der Waals surface area (Å²) in [6.07, 6.45) is 5.50. The van der Waals surface area contributed by atoms with E-state index < -0.39 is 0 Å². The molecule has 5 heteroatoms. The van der Waals surface area contributed by atoms with E-state index in [2.05, 4.69) is 15.2 Å². The minimum Gasteiger partial charge on any atom is -0.423 e. The van der Waals surface area contributed by atoms with Crippen molar-refractivity contribution in [3.8, 4) is 0 Å². The van der Waals surface area contributed by atoms with Gasteiger partial charge in [-0.05, 0) is 43.7 Å². The fraction of sp³-hybridized carbons (Fsp3) is 0.556. The predicted molar refractivity (Wildman–Crippen MR) is 89.3 cm³/mol. The Labute approximate surface area is 136 Å². The van der Waals surface area contributed by atoms with Gasteiger partial charge in [-0.25, -0.2) is 0 Å². The number of carbonyl (C=O) groups excluding carboxylic acids is 1. The van der Waals surface area contributed by atoms with Crippen LogP contribution in [-0.4, -0.2) is 30.5 Å². The first-order valence-electron chi connectivity index (χ1n) is 8.68. The number of para-hydroxylation sites is 2. The first-order valence-corrected chi connectivity index (χ1v) is 8.68. The van der Waals surface area contributed by atoms with Gasteiger partial charge in [0.15, 0.2) is 5.58 Å². The number of nitrogens with zero attached hydrogens (tertiary/aromatic N) is 2. The molecule has 1 saturated carbocycles. The highest BCUT2D eigenvalue weighted by Gasteiger charge is 2.27.